The van der Waals surface area contributed by atoms with Crippen LogP contribution in [0.2, 0.25) is 0 Å². The molecule has 6 heteroatoms. The highest BCUT2D eigenvalue weighted by Gasteiger charge is 2.32. The van der Waals surface area contributed by atoms with Gasteiger partial charge in [-0.15, -0.1) is 0 Å². The zero-order valence-electron chi connectivity index (χ0n) is 16.3. The van der Waals surface area contributed by atoms with Crippen molar-refractivity contribution in [1.82, 2.24) is 9.78 Å². The Balaban J connectivity index is 1.96. The Kier molecular flexibility index (Phi) is 5.14. The van der Waals surface area contributed by atoms with Crippen LogP contribution in [0.1, 0.15) is 25.0 Å². The molecule has 0 fully saturated rings. The minimum absolute atomic E-state index is 0.356. The molecule has 0 radical (unpaired) electrons. The van der Waals surface area contributed by atoms with Crippen molar-refractivity contribution in [2.75, 3.05) is 5.32 Å². The van der Waals surface area contributed by atoms with E-state index in [1.165, 1.54) is 18.2 Å². The number of carbonyl (C=O) groups is 1. The summed E-state index contributed by atoms with van der Waals surface area (Å²) in [7, 11) is 0. The highest BCUT2D eigenvalue weighted by molar-refractivity contribution is 5.96. The summed E-state index contributed by atoms with van der Waals surface area (Å²) in [6.45, 7) is 7.16. The number of hydrogen-bond donors (Lipinski definition) is 1. The number of carbonyl (C=O) groups excluding carboxylic acids is 1. The van der Waals surface area contributed by atoms with Crippen LogP contribution in [0.25, 0.3) is 11.3 Å². The van der Waals surface area contributed by atoms with Gasteiger partial charge in [-0.05, 0) is 69.7 Å². The van der Waals surface area contributed by atoms with Crippen molar-refractivity contribution in [2.24, 2.45) is 0 Å². The predicted molar refractivity (Wildman–Crippen MR) is 108 cm³/mol. The van der Waals surface area contributed by atoms with E-state index >= 15 is 0 Å². The first-order chi connectivity index (χ1) is 13.2. The smallest absolute Gasteiger partial charge is 0.267 e. The second-order valence-corrected chi connectivity index (χ2v) is 7.31. The molecule has 0 aliphatic rings. The number of benzene rings is 2. The first-order valence-electron chi connectivity index (χ1n) is 8.94. The molecule has 144 valence electrons. The molecule has 3 rings (SSSR count). The molecule has 0 unspecified atom stereocenters. The number of amides is 1. The van der Waals surface area contributed by atoms with Crippen LogP contribution in [0, 0.1) is 19.7 Å². The first kappa shape index (κ1) is 19.5. The summed E-state index contributed by atoms with van der Waals surface area (Å²) in [5.74, 6) is -0.712. The van der Waals surface area contributed by atoms with Crippen molar-refractivity contribution in [3.63, 3.8) is 0 Å². The maximum absolute atomic E-state index is 13.2. The topological polar surface area (TPSA) is 64.0 Å². The van der Waals surface area contributed by atoms with Gasteiger partial charge in [0.2, 0.25) is 0 Å². The van der Waals surface area contributed by atoms with Crippen molar-refractivity contribution in [1.29, 1.82) is 0 Å². The number of anilines is 1. The Hall–Kier alpha value is -3.28. The molecule has 1 amide bonds. The van der Waals surface area contributed by atoms with Gasteiger partial charge in [0.15, 0.2) is 0 Å². The lowest BCUT2D eigenvalue weighted by atomic mass is 10.0. The average Bonchev–Trinajstić information content (AvgIpc) is 2.65. The summed E-state index contributed by atoms with van der Waals surface area (Å²) in [6.07, 6.45) is 0. The average molecular weight is 379 g/mol. The largest absolute Gasteiger partial charge is 0.324 e. The van der Waals surface area contributed by atoms with Crippen LogP contribution in [0.4, 0.5) is 10.1 Å². The van der Waals surface area contributed by atoms with Gasteiger partial charge in [0, 0.05) is 17.3 Å². The second kappa shape index (κ2) is 7.38. The van der Waals surface area contributed by atoms with Gasteiger partial charge in [-0.1, -0.05) is 17.7 Å². The van der Waals surface area contributed by atoms with Crippen LogP contribution >= 0.6 is 0 Å². The third-order valence-electron chi connectivity index (χ3n) is 4.66. The van der Waals surface area contributed by atoms with E-state index < -0.39 is 11.1 Å². The molecule has 1 N–H and O–H groups in total. The van der Waals surface area contributed by atoms with Crippen LogP contribution in [-0.2, 0) is 10.3 Å². The van der Waals surface area contributed by atoms with Gasteiger partial charge in [-0.2, -0.15) is 5.10 Å². The zero-order chi connectivity index (χ0) is 20.5. The van der Waals surface area contributed by atoms with E-state index in [4.69, 9.17) is 0 Å². The summed E-state index contributed by atoms with van der Waals surface area (Å²) >= 11 is 0. The Morgan fingerprint density at radius 1 is 1.04 bits per heavy atom. The quantitative estimate of drug-likeness (QED) is 0.744. The summed E-state index contributed by atoms with van der Waals surface area (Å²) in [5.41, 5.74) is 2.22. The van der Waals surface area contributed by atoms with Crippen LogP contribution in [-0.4, -0.2) is 15.7 Å². The molecule has 0 spiro atoms. The Bertz CT molecular complexity index is 1090. The van der Waals surface area contributed by atoms with Crippen LogP contribution < -0.4 is 10.9 Å². The molecule has 1 aromatic heterocycles. The molecule has 0 bridgehead atoms. The second-order valence-electron chi connectivity index (χ2n) is 7.31. The zero-order valence-corrected chi connectivity index (χ0v) is 16.3. The van der Waals surface area contributed by atoms with Gasteiger partial charge in [0.25, 0.3) is 11.5 Å². The van der Waals surface area contributed by atoms with Crippen molar-refractivity contribution in [2.45, 2.75) is 33.2 Å². The summed E-state index contributed by atoms with van der Waals surface area (Å²) in [5, 5.41) is 7.25. The van der Waals surface area contributed by atoms with E-state index in [1.807, 2.05) is 32.0 Å². The lowest BCUT2D eigenvalue weighted by Gasteiger charge is -2.26. The fourth-order valence-electron chi connectivity index (χ4n) is 2.91. The van der Waals surface area contributed by atoms with E-state index in [0.717, 1.165) is 15.8 Å². The normalized spacial score (nSPS) is 11.3. The van der Waals surface area contributed by atoms with Crippen molar-refractivity contribution < 1.29 is 9.18 Å². The molecule has 0 saturated carbocycles. The maximum atomic E-state index is 13.2. The SMILES string of the molecule is Cc1ccc(NC(=O)C(C)(C)n2nc(-c3ccc(F)cc3)ccc2=O)c(C)c1. The maximum Gasteiger partial charge on any atom is 0.267 e. The van der Waals surface area contributed by atoms with E-state index in [2.05, 4.69) is 10.4 Å². The number of aromatic nitrogens is 2. The van der Waals surface area contributed by atoms with Gasteiger partial charge in [0.1, 0.15) is 11.4 Å². The molecule has 2 aromatic carbocycles. The minimum atomic E-state index is -1.23. The van der Waals surface area contributed by atoms with Crippen molar-refractivity contribution >= 4 is 11.6 Å². The highest BCUT2D eigenvalue weighted by Crippen LogP contribution is 2.22. The number of rotatable bonds is 4. The lowest BCUT2D eigenvalue weighted by molar-refractivity contribution is -0.123. The Labute approximate surface area is 162 Å². The molecule has 0 aliphatic heterocycles. The van der Waals surface area contributed by atoms with E-state index in [9.17, 15) is 14.0 Å². The van der Waals surface area contributed by atoms with Gasteiger partial charge in [-0.3, -0.25) is 9.59 Å². The number of halogens is 1. The molecule has 1 heterocycles. The summed E-state index contributed by atoms with van der Waals surface area (Å²) < 4.78 is 14.3. The number of nitrogens with one attached hydrogen (secondary N) is 1. The minimum Gasteiger partial charge on any atom is -0.324 e. The third-order valence-corrected chi connectivity index (χ3v) is 4.66. The van der Waals surface area contributed by atoms with Crippen LogP contribution in [0.15, 0.2) is 59.4 Å². The molecule has 28 heavy (non-hydrogen) atoms. The molecular weight excluding hydrogens is 357 g/mol. The van der Waals surface area contributed by atoms with Gasteiger partial charge in [-0.25, -0.2) is 9.07 Å². The van der Waals surface area contributed by atoms with E-state index in [-0.39, 0.29) is 11.7 Å². The molecular formula is C22H22FN3O2. The molecule has 5 nitrogen and oxygen atoms in total. The monoisotopic (exact) mass is 379 g/mol. The van der Waals surface area contributed by atoms with E-state index in [0.29, 0.717) is 16.9 Å². The number of nitrogens with zero attached hydrogens (tertiary/aromatic N) is 2. The highest BCUT2D eigenvalue weighted by atomic mass is 19.1. The molecule has 0 saturated heterocycles. The molecule has 3 aromatic rings. The Morgan fingerprint density at radius 3 is 2.36 bits per heavy atom. The van der Waals surface area contributed by atoms with Crippen LogP contribution in [0.5, 0.6) is 0 Å². The van der Waals surface area contributed by atoms with Crippen LogP contribution in [0.3, 0.4) is 0 Å². The molecule has 0 atom stereocenters. The van der Waals surface area contributed by atoms with Gasteiger partial charge in [0.05, 0.1) is 5.69 Å². The standard InChI is InChI=1S/C22H22FN3O2/c1-14-5-10-18(15(2)13-14)24-21(28)22(3,4)26-20(27)12-11-19(25-26)16-6-8-17(23)9-7-16/h5-13H,1-4H3,(H,24,28). The predicted octanol–water partition coefficient (Wildman–Crippen LogP) is 4.04. The Morgan fingerprint density at radius 2 is 1.71 bits per heavy atom. The lowest BCUT2D eigenvalue weighted by Crippen LogP contribution is -2.47. The fourth-order valence-corrected chi connectivity index (χ4v) is 2.91. The number of aryl methyl sites for hydroxylation is 2. The van der Waals surface area contributed by atoms with Gasteiger partial charge >= 0.3 is 0 Å². The van der Waals surface area contributed by atoms with Crippen molar-refractivity contribution in [3.8, 4) is 11.3 Å². The number of hydrogen-bond acceptors (Lipinski definition) is 3. The first-order valence-corrected chi connectivity index (χ1v) is 8.94. The van der Waals surface area contributed by atoms with E-state index in [1.54, 1.807) is 32.0 Å². The fraction of sp³-hybridized carbons (Fsp3) is 0.227. The van der Waals surface area contributed by atoms with Gasteiger partial charge < -0.3 is 5.32 Å². The summed E-state index contributed by atoms with van der Waals surface area (Å²) in [6, 6.07) is 14.4. The van der Waals surface area contributed by atoms with Crippen molar-refractivity contribution in [3.05, 3.63) is 81.9 Å². The molecule has 0 aliphatic carbocycles. The summed E-state index contributed by atoms with van der Waals surface area (Å²) in [4.78, 5) is 25.4. The third kappa shape index (κ3) is 3.86.